The topological polar surface area (TPSA) is 68.6 Å². The van der Waals surface area contributed by atoms with Crippen LogP contribution in [-0.2, 0) is 14.3 Å². The molecule has 1 aromatic heterocycles. The summed E-state index contributed by atoms with van der Waals surface area (Å²) < 4.78 is 7.07. The van der Waals surface area contributed by atoms with Crippen LogP contribution in [0.5, 0.6) is 0 Å². The van der Waals surface area contributed by atoms with Crippen LogP contribution in [0.25, 0.3) is 17.0 Å². The zero-order valence-electron chi connectivity index (χ0n) is 15.8. The van der Waals surface area contributed by atoms with Crippen LogP contribution in [0.1, 0.15) is 39.3 Å². The number of fused-ring (bicyclic) bond motifs is 1. The van der Waals surface area contributed by atoms with Crippen molar-refractivity contribution in [1.82, 2.24) is 9.47 Å². The van der Waals surface area contributed by atoms with Crippen LogP contribution in [0.2, 0.25) is 0 Å². The van der Waals surface area contributed by atoms with Gasteiger partial charge in [-0.15, -0.1) is 0 Å². The lowest BCUT2D eigenvalue weighted by Gasteiger charge is -2.19. The number of benzene rings is 1. The van der Waals surface area contributed by atoms with Gasteiger partial charge in [0.2, 0.25) is 0 Å². The first-order valence-corrected chi connectivity index (χ1v) is 9.70. The molecule has 142 valence electrons. The van der Waals surface area contributed by atoms with Crippen molar-refractivity contribution < 1.29 is 19.1 Å². The van der Waals surface area contributed by atoms with Crippen LogP contribution in [-0.4, -0.2) is 39.2 Å². The largest absolute Gasteiger partial charge is 0.464 e. The highest BCUT2D eigenvalue weighted by atomic mass is 32.2. The fourth-order valence-electron chi connectivity index (χ4n) is 3.10. The van der Waals surface area contributed by atoms with Crippen molar-refractivity contribution in [2.45, 2.75) is 39.8 Å². The van der Waals surface area contributed by atoms with Crippen molar-refractivity contribution in [2.24, 2.45) is 0 Å². The Kier molecular flexibility index (Phi) is 5.41. The number of carbonyl (C=O) groups is 3. The Morgan fingerprint density at radius 1 is 1.22 bits per heavy atom. The number of hydrogen-bond acceptors (Lipinski definition) is 5. The van der Waals surface area contributed by atoms with Crippen LogP contribution in [0.15, 0.2) is 35.4 Å². The molecule has 0 unspecified atom stereocenters. The molecule has 0 aliphatic carbocycles. The van der Waals surface area contributed by atoms with Crippen LogP contribution in [0, 0.1) is 0 Å². The van der Waals surface area contributed by atoms with E-state index >= 15 is 0 Å². The predicted molar refractivity (Wildman–Crippen MR) is 106 cm³/mol. The molecule has 27 heavy (non-hydrogen) atoms. The van der Waals surface area contributed by atoms with E-state index in [-0.39, 0.29) is 12.6 Å². The summed E-state index contributed by atoms with van der Waals surface area (Å²) in [6.45, 7) is 7.56. The molecule has 0 bridgehead atoms. The van der Waals surface area contributed by atoms with Crippen molar-refractivity contribution in [3.05, 3.63) is 40.9 Å². The Hall–Kier alpha value is -2.54. The zero-order valence-corrected chi connectivity index (χ0v) is 16.6. The van der Waals surface area contributed by atoms with Gasteiger partial charge in [0, 0.05) is 28.7 Å². The Bertz CT molecular complexity index is 945. The Morgan fingerprint density at radius 2 is 1.93 bits per heavy atom. The van der Waals surface area contributed by atoms with E-state index in [0.717, 1.165) is 33.1 Å². The maximum Gasteiger partial charge on any atom is 0.329 e. The van der Waals surface area contributed by atoms with E-state index in [1.54, 1.807) is 13.0 Å². The van der Waals surface area contributed by atoms with Gasteiger partial charge in [-0.25, -0.2) is 4.79 Å². The monoisotopic (exact) mass is 386 g/mol. The lowest BCUT2D eigenvalue weighted by molar-refractivity contribution is -0.150. The van der Waals surface area contributed by atoms with Crippen LogP contribution in [0.3, 0.4) is 0 Å². The number of nitrogens with zero attached hydrogens (tertiary/aromatic N) is 2. The van der Waals surface area contributed by atoms with E-state index in [1.807, 2.05) is 30.5 Å². The van der Waals surface area contributed by atoms with Gasteiger partial charge in [-0.1, -0.05) is 18.2 Å². The number of thioether (sulfide) groups is 1. The number of para-hydroxylation sites is 1. The number of hydrogen-bond donors (Lipinski definition) is 0. The average Bonchev–Trinajstić information content (AvgIpc) is 3.13. The summed E-state index contributed by atoms with van der Waals surface area (Å²) in [7, 11) is 0. The molecule has 6 nitrogen and oxygen atoms in total. The fraction of sp³-hybridized carbons (Fsp3) is 0.350. The second kappa shape index (κ2) is 7.60. The number of ether oxygens (including phenoxy) is 1. The minimum atomic E-state index is -0.944. The lowest BCUT2D eigenvalue weighted by Crippen LogP contribution is -2.42. The molecular formula is C20H22N2O4S. The molecule has 2 amide bonds. The Labute approximate surface area is 162 Å². The van der Waals surface area contributed by atoms with Gasteiger partial charge in [-0.2, -0.15) is 0 Å². The summed E-state index contributed by atoms with van der Waals surface area (Å²) >= 11 is 0.848. The zero-order chi connectivity index (χ0) is 19.7. The van der Waals surface area contributed by atoms with E-state index in [0.29, 0.717) is 4.91 Å². The highest BCUT2D eigenvalue weighted by Crippen LogP contribution is 2.35. The van der Waals surface area contributed by atoms with Gasteiger partial charge in [0.25, 0.3) is 11.1 Å². The molecule has 1 aliphatic rings. The average molecular weight is 386 g/mol. The molecule has 1 saturated heterocycles. The molecule has 0 N–H and O–H groups in total. The van der Waals surface area contributed by atoms with E-state index in [1.165, 1.54) is 6.92 Å². The number of aromatic nitrogens is 1. The first kappa shape index (κ1) is 19.2. The molecular weight excluding hydrogens is 364 g/mol. The lowest BCUT2D eigenvalue weighted by atomic mass is 10.1. The molecule has 1 aliphatic heterocycles. The molecule has 1 atom stereocenters. The van der Waals surface area contributed by atoms with Gasteiger partial charge in [0.15, 0.2) is 0 Å². The maximum absolute atomic E-state index is 12.7. The second-order valence-electron chi connectivity index (χ2n) is 6.58. The molecule has 3 rings (SSSR count). The summed E-state index contributed by atoms with van der Waals surface area (Å²) in [6, 6.07) is 7.25. The third-order valence-electron chi connectivity index (χ3n) is 4.45. The fourth-order valence-corrected chi connectivity index (χ4v) is 4.00. The van der Waals surface area contributed by atoms with Crippen molar-refractivity contribution in [3.63, 3.8) is 0 Å². The highest BCUT2D eigenvalue weighted by molar-refractivity contribution is 8.18. The first-order chi connectivity index (χ1) is 12.8. The van der Waals surface area contributed by atoms with Crippen LogP contribution < -0.4 is 0 Å². The number of esters is 1. The standard InChI is InChI=1S/C20H22N2O4S/c1-5-26-19(24)13(4)22-18(23)17(27-20(22)25)10-14-11-21(12(2)3)16-9-7-6-8-15(14)16/h6-13H,5H2,1-4H3/b17-10+/t13-/m0/s1. The SMILES string of the molecule is CCOC(=O)[C@H](C)N1C(=O)S/C(=C/c2cn(C(C)C)c3ccccc23)C1=O. The van der Waals surface area contributed by atoms with Crippen molar-refractivity contribution >= 4 is 45.9 Å². The normalized spacial score (nSPS) is 17.4. The second-order valence-corrected chi connectivity index (χ2v) is 7.58. The van der Waals surface area contributed by atoms with Gasteiger partial charge in [0.1, 0.15) is 6.04 Å². The van der Waals surface area contributed by atoms with Crippen molar-refractivity contribution in [3.8, 4) is 0 Å². The molecule has 7 heteroatoms. The van der Waals surface area contributed by atoms with E-state index < -0.39 is 23.2 Å². The molecule has 2 aromatic rings. The summed E-state index contributed by atoms with van der Waals surface area (Å²) in [5.41, 5.74) is 1.94. The third-order valence-corrected chi connectivity index (χ3v) is 5.34. The van der Waals surface area contributed by atoms with Crippen molar-refractivity contribution in [2.75, 3.05) is 6.61 Å². The number of carbonyl (C=O) groups excluding carboxylic acids is 3. The maximum atomic E-state index is 12.7. The summed E-state index contributed by atoms with van der Waals surface area (Å²) in [5.74, 6) is -1.05. The van der Waals surface area contributed by atoms with E-state index in [9.17, 15) is 14.4 Å². The summed E-state index contributed by atoms with van der Waals surface area (Å²) in [6.07, 6.45) is 3.71. The van der Waals surface area contributed by atoms with Gasteiger partial charge in [0.05, 0.1) is 11.5 Å². The van der Waals surface area contributed by atoms with Gasteiger partial charge >= 0.3 is 5.97 Å². The third kappa shape index (κ3) is 3.51. The number of imide groups is 1. The van der Waals surface area contributed by atoms with E-state index in [4.69, 9.17) is 4.74 Å². The predicted octanol–water partition coefficient (Wildman–Crippen LogP) is 4.21. The van der Waals surface area contributed by atoms with E-state index in [2.05, 4.69) is 18.4 Å². The Balaban J connectivity index is 1.97. The van der Waals surface area contributed by atoms with Crippen LogP contribution >= 0.6 is 11.8 Å². The molecule has 0 saturated carbocycles. The summed E-state index contributed by atoms with van der Waals surface area (Å²) in [4.78, 5) is 38.3. The molecule has 0 radical (unpaired) electrons. The van der Waals surface area contributed by atoms with Gasteiger partial charge < -0.3 is 9.30 Å². The molecule has 2 heterocycles. The minimum absolute atomic E-state index is 0.198. The van der Waals surface area contributed by atoms with Crippen LogP contribution in [0.4, 0.5) is 4.79 Å². The Morgan fingerprint density at radius 3 is 2.59 bits per heavy atom. The highest BCUT2D eigenvalue weighted by Gasteiger charge is 2.41. The molecule has 0 spiro atoms. The minimum Gasteiger partial charge on any atom is -0.464 e. The quantitative estimate of drug-likeness (QED) is 0.569. The summed E-state index contributed by atoms with van der Waals surface area (Å²) in [5, 5.41) is 0.552. The first-order valence-electron chi connectivity index (χ1n) is 8.88. The van der Waals surface area contributed by atoms with Gasteiger partial charge in [-0.05, 0) is 51.6 Å². The van der Waals surface area contributed by atoms with Gasteiger partial charge in [-0.3, -0.25) is 14.5 Å². The number of amides is 2. The molecule has 1 aromatic carbocycles. The molecule has 1 fully saturated rings. The smallest absolute Gasteiger partial charge is 0.329 e. The van der Waals surface area contributed by atoms with Crippen molar-refractivity contribution in [1.29, 1.82) is 0 Å². The number of rotatable bonds is 5.